The number of oxazole rings is 1. The third kappa shape index (κ3) is 4.88. The van der Waals surface area contributed by atoms with Gasteiger partial charge in [0.2, 0.25) is 11.8 Å². The molecule has 0 saturated heterocycles. The van der Waals surface area contributed by atoms with Crippen LogP contribution in [0.5, 0.6) is 0 Å². The fourth-order valence-electron chi connectivity index (χ4n) is 1.67. The summed E-state index contributed by atoms with van der Waals surface area (Å²) in [6, 6.07) is 5.13. The van der Waals surface area contributed by atoms with Crippen molar-refractivity contribution in [2.24, 2.45) is 5.73 Å². The third-order valence-electron chi connectivity index (χ3n) is 2.61. The van der Waals surface area contributed by atoms with E-state index in [0.29, 0.717) is 28.7 Å². The number of rotatable bonds is 6. The second-order valence-electron chi connectivity index (χ2n) is 4.37. The average Bonchev–Trinajstić information content (AvgIpc) is 2.92. The number of amides is 3. The van der Waals surface area contributed by atoms with E-state index < -0.39 is 11.9 Å². The molecule has 1 heterocycles. The maximum Gasteiger partial charge on any atom is 0.318 e. The molecule has 116 valence electrons. The molecule has 1 aromatic carbocycles. The first-order chi connectivity index (χ1) is 10.5. The van der Waals surface area contributed by atoms with Crippen molar-refractivity contribution in [1.82, 2.24) is 10.3 Å². The van der Waals surface area contributed by atoms with Gasteiger partial charge in [-0.2, -0.15) is 11.8 Å². The quantitative estimate of drug-likeness (QED) is 0.795. The first-order valence-electron chi connectivity index (χ1n) is 6.42. The number of hydrogen-bond donors (Lipinski definition) is 2. The number of urea groups is 1. The molecule has 0 aliphatic heterocycles. The number of nitrogens with zero attached hydrogens (tertiary/aromatic N) is 1. The first kappa shape index (κ1) is 16.0. The van der Waals surface area contributed by atoms with Crippen molar-refractivity contribution in [1.29, 1.82) is 0 Å². The van der Waals surface area contributed by atoms with E-state index in [2.05, 4.69) is 4.98 Å². The average molecular weight is 323 g/mol. The number of benzene rings is 1. The summed E-state index contributed by atoms with van der Waals surface area (Å²) in [5, 5.41) is 1.99. The number of thioether (sulfide) groups is 1. The van der Waals surface area contributed by atoms with Crippen LogP contribution >= 0.6 is 11.8 Å². The molecule has 0 saturated carbocycles. The zero-order valence-corrected chi connectivity index (χ0v) is 12.4. The molecular formula is C14H14FN3O3S. The first-order valence-corrected chi connectivity index (χ1v) is 7.57. The summed E-state index contributed by atoms with van der Waals surface area (Å²) in [5.41, 5.74) is 6.09. The number of nitrogens with two attached hydrogens (primary N) is 1. The molecule has 0 fully saturated rings. The highest BCUT2D eigenvalue weighted by atomic mass is 32.2. The van der Waals surface area contributed by atoms with Crippen LogP contribution in [0.1, 0.15) is 12.1 Å². The Bertz CT molecular complexity index is 675. The van der Waals surface area contributed by atoms with Gasteiger partial charge in [-0.05, 0) is 18.2 Å². The van der Waals surface area contributed by atoms with Crippen molar-refractivity contribution in [2.45, 2.75) is 12.2 Å². The van der Waals surface area contributed by atoms with E-state index in [4.69, 9.17) is 10.2 Å². The van der Waals surface area contributed by atoms with E-state index in [-0.39, 0.29) is 12.2 Å². The number of imide groups is 1. The van der Waals surface area contributed by atoms with Gasteiger partial charge in [0.1, 0.15) is 12.1 Å². The Morgan fingerprint density at radius 2 is 2.23 bits per heavy atom. The molecule has 3 N–H and O–H groups in total. The molecule has 0 unspecified atom stereocenters. The smallest absolute Gasteiger partial charge is 0.318 e. The van der Waals surface area contributed by atoms with E-state index in [9.17, 15) is 14.0 Å². The minimum Gasteiger partial charge on any atom is -0.444 e. The Hall–Kier alpha value is -2.35. The SMILES string of the molecule is NC(=O)NC(=O)CCSCc1coc(-c2cccc(F)c2)n1. The molecule has 3 amide bonds. The molecule has 2 rings (SSSR count). The molecule has 0 spiro atoms. The maximum atomic E-state index is 13.1. The molecule has 0 radical (unpaired) electrons. The fourth-order valence-corrected chi connectivity index (χ4v) is 2.48. The molecule has 8 heteroatoms. The van der Waals surface area contributed by atoms with Crippen molar-refractivity contribution >= 4 is 23.7 Å². The lowest BCUT2D eigenvalue weighted by Gasteiger charge is -2.00. The summed E-state index contributed by atoms with van der Waals surface area (Å²) in [6.07, 6.45) is 1.68. The summed E-state index contributed by atoms with van der Waals surface area (Å²) < 4.78 is 18.4. The second-order valence-corrected chi connectivity index (χ2v) is 5.47. The van der Waals surface area contributed by atoms with Gasteiger partial charge in [-0.1, -0.05) is 6.07 Å². The van der Waals surface area contributed by atoms with Gasteiger partial charge in [-0.25, -0.2) is 14.2 Å². The van der Waals surface area contributed by atoms with Crippen molar-refractivity contribution in [3.8, 4) is 11.5 Å². The molecule has 0 aliphatic carbocycles. The van der Waals surface area contributed by atoms with E-state index >= 15 is 0 Å². The number of nitrogens with one attached hydrogen (secondary N) is 1. The lowest BCUT2D eigenvalue weighted by atomic mass is 10.2. The van der Waals surface area contributed by atoms with E-state index in [1.807, 2.05) is 5.32 Å². The van der Waals surface area contributed by atoms with E-state index in [1.165, 1.54) is 30.2 Å². The Morgan fingerprint density at radius 3 is 2.95 bits per heavy atom. The maximum absolute atomic E-state index is 13.1. The molecule has 0 aliphatic rings. The van der Waals surface area contributed by atoms with Crippen LogP contribution in [0, 0.1) is 5.82 Å². The van der Waals surface area contributed by atoms with Gasteiger partial charge in [-0.15, -0.1) is 0 Å². The largest absolute Gasteiger partial charge is 0.444 e. The molecule has 2 aromatic rings. The highest BCUT2D eigenvalue weighted by Crippen LogP contribution is 2.21. The van der Waals surface area contributed by atoms with Gasteiger partial charge in [0.05, 0.1) is 5.69 Å². The van der Waals surface area contributed by atoms with Crippen LogP contribution < -0.4 is 11.1 Å². The van der Waals surface area contributed by atoms with Gasteiger partial charge in [0.25, 0.3) is 0 Å². The number of carbonyl (C=O) groups excluding carboxylic acids is 2. The van der Waals surface area contributed by atoms with Crippen molar-refractivity contribution < 1.29 is 18.4 Å². The van der Waals surface area contributed by atoms with Crippen LogP contribution in [0.25, 0.3) is 11.5 Å². The standard InChI is InChI=1S/C14H14FN3O3S/c15-10-3-1-2-9(6-10)13-17-11(7-21-13)8-22-5-4-12(19)18-14(16)20/h1-3,6-7H,4-5,8H2,(H3,16,18,19,20). The third-order valence-corrected chi connectivity index (χ3v) is 3.60. The van der Waals surface area contributed by atoms with Crippen molar-refractivity contribution in [3.63, 3.8) is 0 Å². The zero-order chi connectivity index (χ0) is 15.9. The molecule has 1 aromatic heterocycles. The summed E-state index contributed by atoms with van der Waals surface area (Å²) in [4.78, 5) is 25.9. The predicted molar refractivity (Wildman–Crippen MR) is 80.4 cm³/mol. The van der Waals surface area contributed by atoms with Gasteiger partial charge in [-0.3, -0.25) is 10.1 Å². The van der Waals surface area contributed by atoms with Crippen LogP contribution in [-0.4, -0.2) is 22.7 Å². The van der Waals surface area contributed by atoms with Crippen molar-refractivity contribution in [3.05, 3.63) is 42.0 Å². The zero-order valence-electron chi connectivity index (χ0n) is 11.5. The summed E-state index contributed by atoms with van der Waals surface area (Å²) in [6.45, 7) is 0. The normalized spacial score (nSPS) is 10.4. The van der Waals surface area contributed by atoms with Crippen molar-refractivity contribution in [2.75, 3.05) is 5.75 Å². The van der Waals surface area contributed by atoms with Crippen LogP contribution in [0.15, 0.2) is 34.9 Å². The Kier molecular flexibility index (Phi) is 5.54. The van der Waals surface area contributed by atoms with Gasteiger partial charge >= 0.3 is 6.03 Å². The summed E-state index contributed by atoms with van der Waals surface area (Å²) >= 11 is 1.46. The molecular weight excluding hydrogens is 309 g/mol. The van der Waals surface area contributed by atoms with Crippen LogP contribution in [0.4, 0.5) is 9.18 Å². The van der Waals surface area contributed by atoms with Crippen LogP contribution in [0.2, 0.25) is 0 Å². The van der Waals surface area contributed by atoms with E-state index in [1.54, 1.807) is 12.1 Å². The highest BCUT2D eigenvalue weighted by Gasteiger charge is 2.08. The molecule has 22 heavy (non-hydrogen) atoms. The number of carbonyl (C=O) groups is 2. The minimum atomic E-state index is -0.855. The summed E-state index contributed by atoms with van der Waals surface area (Å²) in [7, 11) is 0. The predicted octanol–water partition coefficient (Wildman–Crippen LogP) is 2.30. The van der Waals surface area contributed by atoms with Crippen LogP contribution in [0.3, 0.4) is 0 Å². The van der Waals surface area contributed by atoms with Crippen LogP contribution in [-0.2, 0) is 10.5 Å². The number of halogens is 1. The minimum absolute atomic E-state index is 0.183. The highest BCUT2D eigenvalue weighted by molar-refractivity contribution is 7.98. The lowest BCUT2D eigenvalue weighted by Crippen LogP contribution is -2.35. The fraction of sp³-hybridized carbons (Fsp3) is 0.214. The Labute approximate surface area is 130 Å². The van der Waals surface area contributed by atoms with Gasteiger partial charge in [0.15, 0.2) is 0 Å². The Balaban J connectivity index is 1.80. The van der Waals surface area contributed by atoms with E-state index in [0.717, 1.165) is 0 Å². The molecule has 6 nitrogen and oxygen atoms in total. The monoisotopic (exact) mass is 323 g/mol. The number of aromatic nitrogens is 1. The molecule has 0 bridgehead atoms. The van der Waals surface area contributed by atoms with Gasteiger partial charge < -0.3 is 10.2 Å². The lowest BCUT2D eigenvalue weighted by molar-refractivity contribution is -0.119. The topological polar surface area (TPSA) is 98.2 Å². The second kappa shape index (κ2) is 7.60. The summed E-state index contributed by atoms with van der Waals surface area (Å²) in [5.74, 6) is 0.637. The van der Waals surface area contributed by atoms with Gasteiger partial charge in [0, 0.05) is 23.5 Å². The number of primary amides is 1. The Morgan fingerprint density at radius 1 is 1.41 bits per heavy atom. The number of hydrogen-bond acceptors (Lipinski definition) is 5. The molecule has 0 atom stereocenters.